The number of ether oxygens (including phenoxy) is 2. The molecule has 0 aromatic heterocycles. The lowest BCUT2D eigenvalue weighted by Gasteiger charge is -2.13. The van der Waals surface area contributed by atoms with Gasteiger partial charge in [0.2, 0.25) is 0 Å². The van der Waals surface area contributed by atoms with E-state index in [2.05, 4.69) is 14.9 Å². The molecular formula is C8H16N4O2. The summed E-state index contributed by atoms with van der Waals surface area (Å²) >= 11 is 0. The van der Waals surface area contributed by atoms with Crippen LogP contribution in [0.1, 0.15) is 0 Å². The fourth-order valence-electron chi connectivity index (χ4n) is 1.68. The van der Waals surface area contributed by atoms with Crippen molar-refractivity contribution in [1.82, 2.24) is 4.90 Å². The molecule has 0 saturated carbocycles. The summed E-state index contributed by atoms with van der Waals surface area (Å²) in [5.41, 5.74) is 8.13. The van der Waals surface area contributed by atoms with Gasteiger partial charge in [0.25, 0.3) is 0 Å². The van der Waals surface area contributed by atoms with Gasteiger partial charge >= 0.3 is 0 Å². The van der Waals surface area contributed by atoms with Crippen molar-refractivity contribution in [3.05, 3.63) is 10.4 Å². The number of hydrogen-bond donors (Lipinski definition) is 0. The lowest BCUT2D eigenvalue weighted by atomic mass is 10.3. The summed E-state index contributed by atoms with van der Waals surface area (Å²) in [6.07, 6.45) is 0.261. The molecule has 1 aliphatic rings. The average Bonchev–Trinajstić information content (AvgIpc) is 2.61. The highest BCUT2D eigenvalue weighted by molar-refractivity contribution is 4.85. The number of hydrogen-bond acceptors (Lipinski definition) is 4. The first-order valence-electron chi connectivity index (χ1n) is 4.60. The fourth-order valence-corrected chi connectivity index (χ4v) is 1.68. The van der Waals surface area contributed by atoms with Crippen LogP contribution in [-0.4, -0.2) is 57.5 Å². The zero-order chi connectivity index (χ0) is 10.4. The first-order valence-corrected chi connectivity index (χ1v) is 4.60. The minimum atomic E-state index is 0.131. The van der Waals surface area contributed by atoms with Crippen molar-refractivity contribution in [3.63, 3.8) is 0 Å². The van der Waals surface area contributed by atoms with Gasteiger partial charge in [0.1, 0.15) is 0 Å². The molecule has 6 nitrogen and oxygen atoms in total. The minimum absolute atomic E-state index is 0.131. The minimum Gasteiger partial charge on any atom is -0.377 e. The first kappa shape index (κ1) is 11.3. The van der Waals surface area contributed by atoms with Gasteiger partial charge in [0, 0.05) is 45.3 Å². The van der Waals surface area contributed by atoms with E-state index in [0.717, 1.165) is 19.6 Å². The van der Waals surface area contributed by atoms with Gasteiger partial charge in [-0.2, -0.15) is 0 Å². The van der Waals surface area contributed by atoms with Gasteiger partial charge in [-0.3, -0.25) is 4.90 Å². The molecule has 14 heavy (non-hydrogen) atoms. The Morgan fingerprint density at radius 3 is 2.36 bits per heavy atom. The number of rotatable bonds is 5. The van der Waals surface area contributed by atoms with Crippen molar-refractivity contribution in [2.75, 3.05) is 40.4 Å². The Kier molecular flexibility index (Phi) is 4.69. The van der Waals surface area contributed by atoms with Crippen LogP contribution in [0.5, 0.6) is 0 Å². The molecule has 80 valence electrons. The zero-order valence-electron chi connectivity index (χ0n) is 8.59. The average molecular weight is 200 g/mol. The van der Waals surface area contributed by atoms with Crippen LogP contribution in [0.3, 0.4) is 0 Å². The second-order valence-corrected chi connectivity index (χ2v) is 3.26. The third kappa shape index (κ3) is 2.85. The van der Waals surface area contributed by atoms with E-state index < -0.39 is 0 Å². The molecule has 6 heteroatoms. The Hall–Kier alpha value is -0.810. The number of nitrogens with zero attached hydrogens (tertiary/aromatic N) is 4. The van der Waals surface area contributed by atoms with Crippen molar-refractivity contribution >= 4 is 0 Å². The van der Waals surface area contributed by atoms with Gasteiger partial charge in [-0.25, -0.2) is 0 Å². The molecule has 0 aliphatic carbocycles. The maximum absolute atomic E-state index is 8.13. The van der Waals surface area contributed by atoms with Crippen LogP contribution in [0.2, 0.25) is 0 Å². The van der Waals surface area contributed by atoms with Crippen molar-refractivity contribution in [1.29, 1.82) is 0 Å². The van der Waals surface area contributed by atoms with E-state index in [9.17, 15) is 0 Å². The SMILES string of the molecule is COC1CN(CCN=[N+]=[N-])CC1OC. The fraction of sp³-hybridized carbons (Fsp3) is 1.00. The highest BCUT2D eigenvalue weighted by Gasteiger charge is 2.32. The number of methoxy groups -OCH3 is 2. The van der Waals surface area contributed by atoms with E-state index >= 15 is 0 Å². The molecular weight excluding hydrogens is 184 g/mol. The molecule has 1 rings (SSSR count). The molecule has 1 fully saturated rings. The monoisotopic (exact) mass is 200 g/mol. The van der Waals surface area contributed by atoms with Crippen LogP contribution in [0.15, 0.2) is 5.11 Å². The lowest BCUT2D eigenvalue weighted by Crippen LogP contribution is -2.27. The van der Waals surface area contributed by atoms with Crippen LogP contribution in [0, 0.1) is 0 Å². The molecule has 0 amide bonds. The van der Waals surface area contributed by atoms with Crippen LogP contribution >= 0.6 is 0 Å². The van der Waals surface area contributed by atoms with Crippen LogP contribution in [0.25, 0.3) is 10.4 Å². The molecule has 0 radical (unpaired) electrons. The topological polar surface area (TPSA) is 70.5 Å². The van der Waals surface area contributed by atoms with Gasteiger partial charge in [-0.1, -0.05) is 5.11 Å². The quantitative estimate of drug-likeness (QED) is 0.371. The van der Waals surface area contributed by atoms with E-state index in [4.69, 9.17) is 15.0 Å². The predicted molar refractivity (Wildman–Crippen MR) is 52.0 cm³/mol. The van der Waals surface area contributed by atoms with Gasteiger partial charge in [-0.15, -0.1) is 0 Å². The maximum Gasteiger partial charge on any atom is 0.0971 e. The lowest BCUT2D eigenvalue weighted by molar-refractivity contribution is -0.00461. The summed E-state index contributed by atoms with van der Waals surface area (Å²) in [5, 5.41) is 3.49. The summed E-state index contributed by atoms with van der Waals surface area (Å²) in [4.78, 5) is 4.89. The second-order valence-electron chi connectivity index (χ2n) is 3.26. The van der Waals surface area contributed by atoms with Crippen molar-refractivity contribution in [3.8, 4) is 0 Å². The smallest absolute Gasteiger partial charge is 0.0971 e. The molecule has 0 aromatic carbocycles. The molecule has 0 aromatic rings. The van der Waals surface area contributed by atoms with Crippen LogP contribution < -0.4 is 0 Å². The zero-order valence-corrected chi connectivity index (χ0v) is 8.59. The number of azide groups is 1. The van der Waals surface area contributed by atoms with Crippen LogP contribution in [0.4, 0.5) is 0 Å². The standard InChI is InChI=1S/C8H16N4O2/c1-13-7-5-12(4-3-10-11-9)6-8(7)14-2/h7-8H,3-6H2,1-2H3. The third-order valence-corrected chi connectivity index (χ3v) is 2.48. The highest BCUT2D eigenvalue weighted by Crippen LogP contribution is 2.14. The van der Waals surface area contributed by atoms with Crippen molar-refractivity contribution < 1.29 is 9.47 Å². The van der Waals surface area contributed by atoms with E-state index in [1.165, 1.54) is 0 Å². The van der Waals surface area contributed by atoms with E-state index in [-0.39, 0.29) is 12.2 Å². The Morgan fingerprint density at radius 1 is 1.36 bits per heavy atom. The molecule has 1 saturated heterocycles. The summed E-state index contributed by atoms with van der Waals surface area (Å²) in [6.45, 7) is 2.96. The Bertz CT molecular complexity index is 205. The van der Waals surface area contributed by atoms with Gasteiger partial charge in [0.15, 0.2) is 0 Å². The second kappa shape index (κ2) is 5.82. The largest absolute Gasteiger partial charge is 0.377 e. The molecule has 2 atom stereocenters. The molecule has 0 spiro atoms. The summed E-state index contributed by atoms with van der Waals surface area (Å²) < 4.78 is 10.6. The van der Waals surface area contributed by atoms with E-state index in [1.807, 2.05) is 0 Å². The molecule has 0 bridgehead atoms. The molecule has 1 heterocycles. The first-order chi connectivity index (χ1) is 6.81. The number of likely N-dealkylation sites (tertiary alicyclic amines) is 1. The molecule has 1 aliphatic heterocycles. The van der Waals surface area contributed by atoms with Crippen molar-refractivity contribution in [2.24, 2.45) is 5.11 Å². The molecule has 2 unspecified atom stereocenters. The van der Waals surface area contributed by atoms with Gasteiger partial charge in [0.05, 0.1) is 12.2 Å². The Balaban J connectivity index is 2.33. The highest BCUT2D eigenvalue weighted by atomic mass is 16.5. The molecule has 0 N–H and O–H groups in total. The normalized spacial score (nSPS) is 27.6. The van der Waals surface area contributed by atoms with Crippen LogP contribution in [-0.2, 0) is 9.47 Å². The summed E-state index contributed by atoms with van der Waals surface area (Å²) in [6, 6.07) is 0. The van der Waals surface area contributed by atoms with E-state index in [0.29, 0.717) is 6.54 Å². The van der Waals surface area contributed by atoms with Gasteiger partial charge in [-0.05, 0) is 5.53 Å². The Morgan fingerprint density at radius 2 is 1.93 bits per heavy atom. The summed E-state index contributed by atoms with van der Waals surface area (Å²) in [5.74, 6) is 0. The maximum atomic E-state index is 8.13. The summed E-state index contributed by atoms with van der Waals surface area (Å²) in [7, 11) is 3.38. The Labute approximate surface area is 83.4 Å². The van der Waals surface area contributed by atoms with Gasteiger partial charge < -0.3 is 9.47 Å². The van der Waals surface area contributed by atoms with E-state index in [1.54, 1.807) is 14.2 Å². The van der Waals surface area contributed by atoms with Crippen molar-refractivity contribution in [2.45, 2.75) is 12.2 Å². The predicted octanol–water partition coefficient (Wildman–Crippen LogP) is 0.642. The third-order valence-electron chi connectivity index (χ3n) is 2.48.